The summed E-state index contributed by atoms with van der Waals surface area (Å²) >= 11 is 1.10. The van der Waals surface area contributed by atoms with Crippen LogP contribution in [0.25, 0.3) is 0 Å². The fraction of sp³-hybridized carbons (Fsp3) is 0.462. The van der Waals surface area contributed by atoms with Crippen LogP contribution in [0.1, 0.15) is 25.7 Å². The molecular formula is C13H19N5O3S2. The lowest BCUT2D eigenvalue weighted by molar-refractivity contribution is -0.121. The number of aromatic nitrogens is 3. The first-order valence-corrected chi connectivity index (χ1v) is 9.34. The van der Waals surface area contributed by atoms with E-state index in [1.165, 1.54) is 12.4 Å². The molecule has 2 aromatic rings. The monoisotopic (exact) mass is 357 g/mol. The van der Waals surface area contributed by atoms with Gasteiger partial charge in [-0.05, 0) is 17.4 Å². The molecule has 1 amide bonds. The Bertz CT molecular complexity index is 752. The summed E-state index contributed by atoms with van der Waals surface area (Å²) in [5, 5.41) is 8.45. The van der Waals surface area contributed by atoms with Gasteiger partial charge in [-0.15, -0.1) is 11.3 Å². The smallest absolute Gasteiger partial charge is 0.250 e. The lowest BCUT2D eigenvalue weighted by Crippen LogP contribution is -2.40. The van der Waals surface area contributed by atoms with Crippen LogP contribution >= 0.6 is 11.3 Å². The normalized spacial score (nSPS) is 13.2. The van der Waals surface area contributed by atoms with Crippen LogP contribution in [0.2, 0.25) is 0 Å². The first-order chi connectivity index (χ1) is 10.8. The van der Waals surface area contributed by atoms with E-state index < -0.39 is 15.9 Å². The van der Waals surface area contributed by atoms with Crippen LogP contribution in [0, 0.1) is 5.92 Å². The fourth-order valence-electron chi connectivity index (χ4n) is 1.99. The summed E-state index contributed by atoms with van der Waals surface area (Å²) < 4.78 is 28.0. The van der Waals surface area contributed by atoms with Gasteiger partial charge in [-0.1, -0.05) is 19.9 Å². The summed E-state index contributed by atoms with van der Waals surface area (Å²) in [5.41, 5.74) is 0. The third kappa shape index (κ3) is 4.36. The van der Waals surface area contributed by atoms with Gasteiger partial charge in [-0.3, -0.25) is 9.48 Å². The maximum absolute atomic E-state index is 12.1. The second kappa shape index (κ2) is 7.20. The Balaban J connectivity index is 1.99. The highest BCUT2D eigenvalue weighted by atomic mass is 32.2. The van der Waals surface area contributed by atoms with Gasteiger partial charge in [0.2, 0.25) is 5.91 Å². The number of hydrogen-bond acceptors (Lipinski definition) is 6. The number of amides is 1. The zero-order chi connectivity index (χ0) is 17.0. The molecule has 0 aliphatic rings. The lowest BCUT2D eigenvalue weighted by atomic mass is 10.0. The summed E-state index contributed by atoms with van der Waals surface area (Å²) in [6.45, 7) is 3.55. The number of hydrogen-bond donors (Lipinski definition) is 2. The van der Waals surface area contributed by atoms with Gasteiger partial charge in [-0.2, -0.15) is 5.10 Å². The Labute approximate surface area is 139 Å². The van der Waals surface area contributed by atoms with Crippen LogP contribution in [0.4, 0.5) is 0 Å². The molecular weight excluding hydrogens is 338 g/mol. The van der Waals surface area contributed by atoms with Gasteiger partial charge in [-0.25, -0.2) is 18.1 Å². The molecule has 0 unspecified atom stereocenters. The molecule has 0 aromatic carbocycles. The molecule has 0 bridgehead atoms. The van der Waals surface area contributed by atoms with Crippen molar-refractivity contribution in [1.82, 2.24) is 24.8 Å². The molecule has 0 aliphatic heterocycles. The third-order valence-electron chi connectivity index (χ3n) is 3.19. The van der Waals surface area contributed by atoms with Crippen LogP contribution in [-0.2, 0) is 21.9 Å². The van der Waals surface area contributed by atoms with Crippen LogP contribution < -0.4 is 10.0 Å². The number of aryl methyl sites for hydroxylation is 1. The fourth-order valence-corrected chi connectivity index (χ4v) is 4.01. The molecule has 23 heavy (non-hydrogen) atoms. The molecule has 8 nitrogen and oxygen atoms in total. The molecule has 0 aliphatic carbocycles. The van der Waals surface area contributed by atoms with E-state index in [1.807, 2.05) is 13.8 Å². The van der Waals surface area contributed by atoms with Crippen molar-refractivity contribution in [2.75, 3.05) is 6.54 Å². The van der Waals surface area contributed by atoms with E-state index in [0.29, 0.717) is 5.82 Å². The van der Waals surface area contributed by atoms with Crippen molar-refractivity contribution in [3.05, 3.63) is 29.7 Å². The molecule has 10 heteroatoms. The van der Waals surface area contributed by atoms with Gasteiger partial charge in [0.05, 0.1) is 12.6 Å². The summed E-state index contributed by atoms with van der Waals surface area (Å²) in [6.07, 6.45) is 1.41. The van der Waals surface area contributed by atoms with Crippen LogP contribution in [0.5, 0.6) is 0 Å². The van der Waals surface area contributed by atoms with E-state index in [-0.39, 0.29) is 22.7 Å². The first-order valence-electron chi connectivity index (χ1n) is 6.97. The minimum Gasteiger partial charge on any atom is -0.345 e. The molecule has 0 saturated carbocycles. The lowest BCUT2D eigenvalue weighted by Gasteiger charge is -2.21. The first kappa shape index (κ1) is 17.6. The number of carbonyl (C=O) groups is 1. The third-order valence-corrected chi connectivity index (χ3v) is 5.99. The molecule has 0 spiro atoms. The van der Waals surface area contributed by atoms with Crippen LogP contribution in [-0.4, -0.2) is 35.6 Å². The Kier molecular flexibility index (Phi) is 5.50. The summed E-state index contributed by atoms with van der Waals surface area (Å²) in [5.74, 6) is 0.275. The molecule has 0 fully saturated rings. The second-order valence-corrected chi connectivity index (χ2v) is 8.23. The highest BCUT2D eigenvalue weighted by Gasteiger charge is 2.23. The van der Waals surface area contributed by atoms with Crippen molar-refractivity contribution < 1.29 is 13.2 Å². The Morgan fingerprint density at radius 3 is 2.70 bits per heavy atom. The van der Waals surface area contributed by atoms with Crippen LogP contribution in [0.3, 0.4) is 0 Å². The standard InChI is InChI=1S/C13H19N5O3S2/c1-9(2)12(13-14-8-15-18(13)3)17-10(19)7-16-23(20,21)11-5-4-6-22-11/h4-6,8-9,12,16H,7H2,1-3H3,(H,17,19)/t12-/m0/s1. The van der Waals surface area contributed by atoms with E-state index in [1.54, 1.807) is 23.2 Å². The van der Waals surface area contributed by atoms with Gasteiger partial charge in [0.1, 0.15) is 16.4 Å². The van der Waals surface area contributed by atoms with Crippen molar-refractivity contribution in [3.8, 4) is 0 Å². The molecule has 1 atom stereocenters. The Hall–Kier alpha value is -1.78. The largest absolute Gasteiger partial charge is 0.345 e. The van der Waals surface area contributed by atoms with Crippen molar-refractivity contribution in [3.63, 3.8) is 0 Å². The zero-order valence-electron chi connectivity index (χ0n) is 13.1. The van der Waals surface area contributed by atoms with E-state index >= 15 is 0 Å². The number of nitrogens with zero attached hydrogens (tertiary/aromatic N) is 3. The predicted molar refractivity (Wildman–Crippen MR) is 86.2 cm³/mol. The topological polar surface area (TPSA) is 106 Å². The predicted octanol–water partition coefficient (Wildman–Crippen LogP) is 0.668. The van der Waals surface area contributed by atoms with Crippen molar-refractivity contribution in [2.45, 2.75) is 24.1 Å². The number of sulfonamides is 1. The van der Waals surface area contributed by atoms with E-state index in [9.17, 15) is 13.2 Å². The molecule has 2 heterocycles. The number of carbonyl (C=O) groups excluding carboxylic acids is 1. The minimum absolute atomic E-state index is 0.0794. The highest BCUT2D eigenvalue weighted by molar-refractivity contribution is 7.91. The minimum atomic E-state index is -3.66. The van der Waals surface area contributed by atoms with E-state index in [4.69, 9.17) is 0 Å². The van der Waals surface area contributed by atoms with Crippen molar-refractivity contribution >= 4 is 27.3 Å². The average molecular weight is 357 g/mol. The van der Waals surface area contributed by atoms with Gasteiger partial charge in [0.15, 0.2) is 0 Å². The number of rotatable bonds is 7. The Morgan fingerprint density at radius 1 is 1.43 bits per heavy atom. The number of nitrogens with one attached hydrogen (secondary N) is 2. The quantitative estimate of drug-likeness (QED) is 0.757. The Morgan fingerprint density at radius 2 is 2.17 bits per heavy atom. The summed E-state index contributed by atoms with van der Waals surface area (Å²) in [6, 6.07) is 2.78. The maximum atomic E-state index is 12.1. The average Bonchev–Trinajstić information content (AvgIpc) is 3.14. The van der Waals surface area contributed by atoms with E-state index in [0.717, 1.165) is 11.3 Å². The summed E-state index contributed by atoms with van der Waals surface area (Å²) in [4.78, 5) is 16.2. The summed E-state index contributed by atoms with van der Waals surface area (Å²) in [7, 11) is -1.92. The molecule has 2 N–H and O–H groups in total. The van der Waals surface area contributed by atoms with Crippen molar-refractivity contribution in [1.29, 1.82) is 0 Å². The number of thiophene rings is 1. The zero-order valence-corrected chi connectivity index (χ0v) is 14.7. The molecule has 126 valence electrons. The van der Waals surface area contributed by atoms with Gasteiger partial charge < -0.3 is 5.32 Å². The molecule has 2 aromatic heterocycles. The van der Waals surface area contributed by atoms with E-state index in [2.05, 4.69) is 20.1 Å². The SMILES string of the molecule is CC(C)[C@H](NC(=O)CNS(=O)(=O)c1cccs1)c1ncnn1C. The maximum Gasteiger partial charge on any atom is 0.250 e. The molecule has 2 rings (SSSR count). The van der Waals surface area contributed by atoms with Crippen LogP contribution in [0.15, 0.2) is 28.0 Å². The van der Waals surface area contributed by atoms with Gasteiger partial charge in [0.25, 0.3) is 10.0 Å². The molecule has 0 radical (unpaired) electrons. The van der Waals surface area contributed by atoms with Crippen molar-refractivity contribution in [2.24, 2.45) is 13.0 Å². The highest BCUT2D eigenvalue weighted by Crippen LogP contribution is 2.19. The van der Waals surface area contributed by atoms with Gasteiger partial charge in [0, 0.05) is 7.05 Å². The molecule has 0 saturated heterocycles. The van der Waals surface area contributed by atoms with Gasteiger partial charge >= 0.3 is 0 Å². The second-order valence-electron chi connectivity index (χ2n) is 5.29.